The highest BCUT2D eigenvalue weighted by molar-refractivity contribution is 9.10. The largest absolute Gasteiger partial charge is 0.454 e. The maximum atomic E-state index is 9.12. The van der Waals surface area contributed by atoms with E-state index < -0.39 is 0 Å². The minimum Gasteiger partial charge on any atom is -0.454 e. The van der Waals surface area contributed by atoms with Crippen molar-refractivity contribution in [3.8, 4) is 17.6 Å². The molecule has 20 heavy (non-hydrogen) atoms. The summed E-state index contributed by atoms with van der Waals surface area (Å²) in [7, 11) is 0. The van der Waals surface area contributed by atoms with E-state index in [1.54, 1.807) is 6.07 Å². The Kier molecular flexibility index (Phi) is 3.48. The lowest BCUT2D eigenvalue weighted by Gasteiger charge is -2.09. The Morgan fingerprint density at radius 3 is 2.85 bits per heavy atom. The SMILES string of the molecule is N#Cc1cc(Br)ccc1NCc1ccc2c(c1)OCO2. The third kappa shape index (κ3) is 2.56. The smallest absolute Gasteiger partial charge is 0.231 e. The number of nitriles is 1. The normalized spacial score (nSPS) is 12.0. The van der Waals surface area contributed by atoms with Crippen LogP contribution in [0.3, 0.4) is 0 Å². The number of ether oxygens (including phenoxy) is 2. The molecule has 1 heterocycles. The minimum absolute atomic E-state index is 0.275. The predicted octanol–water partition coefficient (Wildman–Crippen LogP) is 3.66. The van der Waals surface area contributed by atoms with E-state index in [0.29, 0.717) is 12.1 Å². The van der Waals surface area contributed by atoms with Crippen LogP contribution < -0.4 is 14.8 Å². The van der Waals surface area contributed by atoms with Gasteiger partial charge in [-0.3, -0.25) is 0 Å². The average molecular weight is 331 g/mol. The van der Waals surface area contributed by atoms with Gasteiger partial charge in [-0.2, -0.15) is 5.26 Å². The molecule has 0 unspecified atom stereocenters. The molecule has 2 aromatic carbocycles. The lowest BCUT2D eigenvalue weighted by Crippen LogP contribution is -2.01. The van der Waals surface area contributed by atoms with Crippen molar-refractivity contribution < 1.29 is 9.47 Å². The third-order valence-electron chi connectivity index (χ3n) is 3.02. The van der Waals surface area contributed by atoms with Gasteiger partial charge in [0.05, 0.1) is 11.3 Å². The second-order valence-corrected chi connectivity index (χ2v) is 5.26. The molecule has 2 aromatic rings. The predicted molar refractivity (Wildman–Crippen MR) is 78.7 cm³/mol. The number of nitrogens with one attached hydrogen (secondary N) is 1. The number of nitrogens with zero attached hydrogens (tertiary/aromatic N) is 1. The summed E-state index contributed by atoms with van der Waals surface area (Å²) in [5, 5.41) is 12.4. The maximum absolute atomic E-state index is 9.12. The number of anilines is 1. The van der Waals surface area contributed by atoms with E-state index in [1.165, 1.54) is 0 Å². The van der Waals surface area contributed by atoms with Crippen LogP contribution in [0.15, 0.2) is 40.9 Å². The van der Waals surface area contributed by atoms with Gasteiger partial charge in [0.1, 0.15) is 6.07 Å². The van der Waals surface area contributed by atoms with Gasteiger partial charge in [0.25, 0.3) is 0 Å². The van der Waals surface area contributed by atoms with Gasteiger partial charge in [0.2, 0.25) is 6.79 Å². The number of halogens is 1. The molecule has 0 aliphatic carbocycles. The number of fused-ring (bicyclic) bond motifs is 1. The fourth-order valence-corrected chi connectivity index (χ4v) is 2.37. The van der Waals surface area contributed by atoms with E-state index in [1.807, 2.05) is 30.3 Å². The van der Waals surface area contributed by atoms with Gasteiger partial charge >= 0.3 is 0 Å². The topological polar surface area (TPSA) is 54.3 Å². The molecule has 1 aliphatic heterocycles. The zero-order chi connectivity index (χ0) is 13.9. The first-order chi connectivity index (χ1) is 9.76. The van der Waals surface area contributed by atoms with Gasteiger partial charge in [0.15, 0.2) is 11.5 Å². The van der Waals surface area contributed by atoms with Crippen LogP contribution in [0, 0.1) is 11.3 Å². The van der Waals surface area contributed by atoms with Crippen molar-refractivity contribution in [2.75, 3.05) is 12.1 Å². The second-order valence-electron chi connectivity index (χ2n) is 4.34. The summed E-state index contributed by atoms with van der Waals surface area (Å²) in [4.78, 5) is 0. The van der Waals surface area contributed by atoms with Crippen LogP contribution in [-0.4, -0.2) is 6.79 Å². The summed E-state index contributed by atoms with van der Waals surface area (Å²) in [6.45, 7) is 0.893. The molecule has 1 aliphatic rings. The van der Waals surface area contributed by atoms with E-state index in [0.717, 1.165) is 27.2 Å². The quantitative estimate of drug-likeness (QED) is 0.933. The van der Waals surface area contributed by atoms with Crippen molar-refractivity contribution in [2.24, 2.45) is 0 Å². The van der Waals surface area contributed by atoms with Crippen LogP contribution in [0.5, 0.6) is 11.5 Å². The number of hydrogen-bond donors (Lipinski definition) is 1. The van der Waals surface area contributed by atoms with Crippen LogP contribution in [0.25, 0.3) is 0 Å². The molecular formula is C15H11BrN2O2. The molecule has 0 saturated heterocycles. The van der Waals surface area contributed by atoms with E-state index in [-0.39, 0.29) is 6.79 Å². The summed E-state index contributed by atoms with van der Waals surface area (Å²) < 4.78 is 11.5. The summed E-state index contributed by atoms with van der Waals surface area (Å²) in [6.07, 6.45) is 0. The summed E-state index contributed by atoms with van der Waals surface area (Å²) in [5.41, 5.74) is 2.49. The van der Waals surface area contributed by atoms with Crippen LogP contribution >= 0.6 is 15.9 Å². The Morgan fingerprint density at radius 2 is 2.00 bits per heavy atom. The third-order valence-corrected chi connectivity index (χ3v) is 3.52. The molecule has 0 amide bonds. The molecule has 0 fully saturated rings. The molecule has 0 aromatic heterocycles. The summed E-state index contributed by atoms with van der Waals surface area (Å²) >= 11 is 3.36. The van der Waals surface area contributed by atoms with Crippen LogP contribution in [0.1, 0.15) is 11.1 Å². The van der Waals surface area contributed by atoms with E-state index in [4.69, 9.17) is 14.7 Å². The van der Waals surface area contributed by atoms with Gasteiger partial charge in [-0.1, -0.05) is 22.0 Å². The first-order valence-electron chi connectivity index (χ1n) is 6.08. The van der Waals surface area contributed by atoms with Crippen molar-refractivity contribution in [1.82, 2.24) is 0 Å². The highest BCUT2D eigenvalue weighted by atomic mass is 79.9. The number of benzene rings is 2. The number of hydrogen-bond acceptors (Lipinski definition) is 4. The highest BCUT2D eigenvalue weighted by Crippen LogP contribution is 2.32. The van der Waals surface area contributed by atoms with Crippen molar-refractivity contribution in [3.63, 3.8) is 0 Å². The summed E-state index contributed by atoms with van der Waals surface area (Å²) in [6, 6.07) is 13.6. The van der Waals surface area contributed by atoms with Gasteiger partial charge in [-0.25, -0.2) is 0 Å². The molecule has 0 spiro atoms. The molecule has 0 radical (unpaired) electrons. The molecule has 4 nitrogen and oxygen atoms in total. The van der Waals surface area contributed by atoms with Crippen molar-refractivity contribution in [3.05, 3.63) is 52.0 Å². The monoisotopic (exact) mass is 330 g/mol. The Bertz CT molecular complexity index is 695. The fraction of sp³-hybridized carbons (Fsp3) is 0.133. The molecule has 0 atom stereocenters. The lowest BCUT2D eigenvalue weighted by molar-refractivity contribution is 0.174. The standard InChI is InChI=1S/C15H11BrN2O2/c16-12-2-3-13(11(6-12)7-17)18-8-10-1-4-14-15(5-10)20-9-19-14/h1-6,18H,8-9H2. The Hall–Kier alpha value is -2.19. The molecule has 0 saturated carbocycles. The number of rotatable bonds is 3. The molecule has 1 N–H and O–H groups in total. The average Bonchev–Trinajstić information content (AvgIpc) is 2.93. The minimum atomic E-state index is 0.275. The zero-order valence-electron chi connectivity index (χ0n) is 10.5. The van der Waals surface area contributed by atoms with Gasteiger partial charge < -0.3 is 14.8 Å². The molecule has 3 rings (SSSR count). The van der Waals surface area contributed by atoms with Gasteiger partial charge in [-0.15, -0.1) is 0 Å². The molecule has 5 heteroatoms. The zero-order valence-corrected chi connectivity index (χ0v) is 12.1. The Morgan fingerprint density at radius 1 is 1.15 bits per heavy atom. The maximum Gasteiger partial charge on any atom is 0.231 e. The lowest BCUT2D eigenvalue weighted by atomic mass is 10.1. The molecule has 0 bridgehead atoms. The highest BCUT2D eigenvalue weighted by Gasteiger charge is 2.13. The van der Waals surface area contributed by atoms with Crippen LogP contribution in [-0.2, 0) is 6.54 Å². The van der Waals surface area contributed by atoms with E-state index in [2.05, 4.69) is 27.3 Å². The van der Waals surface area contributed by atoms with Crippen molar-refractivity contribution in [1.29, 1.82) is 5.26 Å². The summed E-state index contributed by atoms with van der Waals surface area (Å²) in [5.74, 6) is 1.54. The van der Waals surface area contributed by atoms with Crippen LogP contribution in [0.2, 0.25) is 0 Å². The van der Waals surface area contributed by atoms with Gasteiger partial charge in [-0.05, 0) is 35.9 Å². The van der Waals surface area contributed by atoms with Gasteiger partial charge in [0, 0.05) is 11.0 Å². The van der Waals surface area contributed by atoms with E-state index >= 15 is 0 Å². The van der Waals surface area contributed by atoms with E-state index in [9.17, 15) is 0 Å². The molecular weight excluding hydrogens is 320 g/mol. The first-order valence-corrected chi connectivity index (χ1v) is 6.87. The van der Waals surface area contributed by atoms with Crippen LogP contribution in [0.4, 0.5) is 5.69 Å². The molecule has 100 valence electrons. The second kappa shape index (κ2) is 5.43. The van der Waals surface area contributed by atoms with Crippen molar-refractivity contribution in [2.45, 2.75) is 6.54 Å². The fourth-order valence-electron chi connectivity index (χ4n) is 2.01. The Labute approximate surface area is 125 Å². The first kappa shape index (κ1) is 12.8. The van der Waals surface area contributed by atoms with Crippen molar-refractivity contribution >= 4 is 21.6 Å². The Balaban J connectivity index is 1.75.